The van der Waals surface area contributed by atoms with Crippen LogP contribution < -0.4 is 10.1 Å². The van der Waals surface area contributed by atoms with Crippen LogP contribution in [0.25, 0.3) is 0 Å². The molecule has 2 amide bonds. The van der Waals surface area contributed by atoms with Gasteiger partial charge in [0.1, 0.15) is 5.75 Å². The van der Waals surface area contributed by atoms with E-state index >= 15 is 0 Å². The van der Waals surface area contributed by atoms with Crippen LogP contribution in [0.15, 0.2) is 48.5 Å². The summed E-state index contributed by atoms with van der Waals surface area (Å²) in [6.07, 6.45) is 0.980. The molecule has 142 valence electrons. The van der Waals surface area contributed by atoms with Crippen molar-refractivity contribution < 1.29 is 14.3 Å². The second-order valence-electron chi connectivity index (χ2n) is 6.78. The molecule has 1 N–H and O–H groups in total. The number of rotatable bonds is 5. The predicted octanol–water partition coefficient (Wildman–Crippen LogP) is 3.42. The van der Waals surface area contributed by atoms with Crippen LogP contribution in [0.5, 0.6) is 5.75 Å². The summed E-state index contributed by atoms with van der Waals surface area (Å²) < 4.78 is 5.23. The van der Waals surface area contributed by atoms with Crippen molar-refractivity contribution in [3.63, 3.8) is 0 Å². The number of carbonyl (C=O) groups is 2. The molecular weight excluding hydrogens is 364 g/mol. The van der Waals surface area contributed by atoms with Gasteiger partial charge in [-0.3, -0.25) is 9.59 Å². The van der Waals surface area contributed by atoms with Crippen LogP contribution in [-0.2, 0) is 9.59 Å². The third-order valence-electron chi connectivity index (χ3n) is 4.94. The van der Waals surface area contributed by atoms with Crippen LogP contribution in [0.1, 0.15) is 30.0 Å². The zero-order chi connectivity index (χ0) is 19.4. The Morgan fingerprint density at radius 2 is 1.74 bits per heavy atom. The molecule has 0 radical (unpaired) electrons. The fourth-order valence-electron chi connectivity index (χ4n) is 3.30. The first-order valence-electron chi connectivity index (χ1n) is 8.91. The van der Waals surface area contributed by atoms with Crippen LogP contribution in [0.2, 0.25) is 5.02 Å². The van der Waals surface area contributed by atoms with E-state index in [0.717, 1.165) is 16.9 Å². The number of ether oxygens (including phenoxy) is 1. The van der Waals surface area contributed by atoms with Crippen LogP contribution in [0.4, 0.5) is 0 Å². The van der Waals surface area contributed by atoms with Crippen LogP contribution in [0, 0.1) is 5.92 Å². The highest BCUT2D eigenvalue weighted by Crippen LogP contribution is 2.27. The fourth-order valence-corrected chi connectivity index (χ4v) is 3.42. The van der Waals surface area contributed by atoms with E-state index in [2.05, 4.69) is 5.32 Å². The van der Waals surface area contributed by atoms with Crippen molar-refractivity contribution in [1.82, 2.24) is 10.2 Å². The fraction of sp³-hybridized carbons (Fsp3) is 0.333. The molecule has 1 heterocycles. The second-order valence-corrected chi connectivity index (χ2v) is 7.21. The molecule has 0 aliphatic carbocycles. The van der Waals surface area contributed by atoms with E-state index in [0.29, 0.717) is 24.4 Å². The molecular formula is C21H23ClN2O3. The van der Waals surface area contributed by atoms with Gasteiger partial charge in [-0.1, -0.05) is 35.9 Å². The molecule has 5 nitrogen and oxygen atoms in total. The number of halogens is 1. The Hall–Kier alpha value is -2.53. The molecule has 1 aliphatic heterocycles. The minimum absolute atomic E-state index is 0.0508. The number of nitrogens with zero attached hydrogens (tertiary/aromatic N) is 1. The maximum atomic E-state index is 12.9. The zero-order valence-corrected chi connectivity index (χ0v) is 16.2. The topological polar surface area (TPSA) is 58.6 Å². The summed E-state index contributed by atoms with van der Waals surface area (Å²) in [6.45, 7) is 0.445. The molecule has 27 heavy (non-hydrogen) atoms. The minimum atomic E-state index is -0.302. The molecule has 0 aromatic heterocycles. The number of benzene rings is 2. The van der Waals surface area contributed by atoms with Gasteiger partial charge in [-0.15, -0.1) is 0 Å². The monoisotopic (exact) mass is 386 g/mol. The number of amides is 2. The molecule has 0 bridgehead atoms. The standard InChI is InChI=1S/C21H23ClN2O3/c1-24-13-16(7-12-19(24)25)21(26)23-20(14-3-8-17(22)9-4-14)15-5-10-18(27-2)11-6-15/h3-6,8-11,16,20H,7,12-13H2,1-2H3,(H,23,26). The number of likely N-dealkylation sites (tertiary alicyclic amines) is 1. The largest absolute Gasteiger partial charge is 0.497 e. The highest BCUT2D eigenvalue weighted by Gasteiger charge is 2.30. The average molecular weight is 387 g/mol. The van der Waals surface area contributed by atoms with Crippen molar-refractivity contribution in [3.05, 3.63) is 64.7 Å². The molecule has 2 atom stereocenters. The third-order valence-corrected chi connectivity index (χ3v) is 5.19. The molecule has 2 aromatic carbocycles. The van der Waals surface area contributed by atoms with Gasteiger partial charge in [0.2, 0.25) is 11.8 Å². The summed E-state index contributed by atoms with van der Waals surface area (Å²) in [4.78, 5) is 26.2. The lowest BCUT2D eigenvalue weighted by atomic mass is 9.94. The van der Waals surface area contributed by atoms with Crippen LogP contribution >= 0.6 is 11.6 Å². The molecule has 1 fully saturated rings. The molecule has 1 saturated heterocycles. The third kappa shape index (κ3) is 4.61. The van der Waals surface area contributed by atoms with Crippen molar-refractivity contribution in [1.29, 1.82) is 0 Å². The maximum Gasteiger partial charge on any atom is 0.225 e. The van der Waals surface area contributed by atoms with Gasteiger partial charge in [0, 0.05) is 25.0 Å². The smallest absolute Gasteiger partial charge is 0.225 e. The van der Waals surface area contributed by atoms with E-state index < -0.39 is 0 Å². The summed E-state index contributed by atoms with van der Waals surface area (Å²) in [6, 6.07) is 14.8. The van der Waals surface area contributed by atoms with Crippen molar-refractivity contribution in [2.75, 3.05) is 20.7 Å². The van der Waals surface area contributed by atoms with Gasteiger partial charge >= 0.3 is 0 Å². The van der Waals surface area contributed by atoms with E-state index in [-0.39, 0.29) is 23.8 Å². The van der Waals surface area contributed by atoms with Gasteiger partial charge < -0.3 is 15.0 Å². The van der Waals surface area contributed by atoms with Crippen LogP contribution in [0.3, 0.4) is 0 Å². The minimum Gasteiger partial charge on any atom is -0.497 e. The molecule has 0 spiro atoms. The first kappa shape index (κ1) is 19.2. The summed E-state index contributed by atoms with van der Waals surface area (Å²) in [5.41, 5.74) is 1.89. The van der Waals surface area contributed by atoms with E-state index in [1.54, 1.807) is 19.1 Å². The molecule has 2 unspecified atom stereocenters. The van der Waals surface area contributed by atoms with E-state index in [1.165, 1.54) is 0 Å². The number of carbonyl (C=O) groups excluding carboxylic acids is 2. The Morgan fingerprint density at radius 3 is 2.30 bits per heavy atom. The normalized spacial score (nSPS) is 18.1. The van der Waals surface area contributed by atoms with E-state index in [9.17, 15) is 9.59 Å². The first-order chi connectivity index (χ1) is 13.0. The van der Waals surface area contributed by atoms with Crippen LogP contribution in [-0.4, -0.2) is 37.4 Å². The number of hydrogen-bond donors (Lipinski definition) is 1. The maximum absolute atomic E-state index is 12.9. The number of methoxy groups -OCH3 is 1. The molecule has 6 heteroatoms. The summed E-state index contributed by atoms with van der Waals surface area (Å²) in [5, 5.41) is 3.80. The van der Waals surface area contributed by atoms with Crippen molar-refractivity contribution in [2.45, 2.75) is 18.9 Å². The van der Waals surface area contributed by atoms with Gasteiger partial charge in [-0.05, 0) is 41.8 Å². The van der Waals surface area contributed by atoms with Crippen molar-refractivity contribution >= 4 is 23.4 Å². The molecule has 1 aliphatic rings. The highest BCUT2D eigenvalue weighted by atomic mass is 35.5. The lowest BCUT2D eigenvalue weighted by Crippen LogP contribution is -2.44. The summed E-state index contributed by atoms with van der Waals surface area (Å²) in [7, 11) is 3.36. The Labute approximate surface area is 164 Å². The number of hydrogen-bond acceptors (Lipinski definition) is 3. The molecule has 3 rings (SSSR count). The second kappa shape index (κ2) is 8.44. The Kier molecular flexibility index (Phi) is 6.01. The van der Waals surface area contributed by atoms with Gasteiger partial charge in [-0.25, -0.2) is 0 Å². The summed E-state index contributed by atoms with van der Waals surface area (Å²) in [5.74, 6) is 0.585. The van der Waals surface area contributed by atoms with Gasteiger partial charge in [0.15, 0.2) is 0 Å². The Bertz CT molecular complexity index is 805. The predicted molar refractivity (Wildman–Crippen MR) is 105 cm³/mol. The van der Waals surface area contributed by atoms with Gasteiger partial charge in [-0.2, -0.15) is 0 Å². The zero-order valence-electron chi connectivity index (χ0n) is 15.4. The SMILES string of the molecule is COc1ccc(C(NC(=O)C2CCC(=O)N(C)C2)c2ccc(Cl)cc2)cc1. The Balaban J connectivity index is 1.84. The van der Waals surface area contributed by atoms with E-state index in [4.69, 9.17) is 16.3 Å². The lowest BCUT2D eigenvalue weighted by molar-refractivity contribution is -0.137. The lowest BCUT2D eigenvalue weighted by Gasteiger charge is -2.30. The summed E-state index contributed by atoms with van der Waals surface area (Å²) >= 11 is 6.02. The molecule has 2 aromatic rings. The molecule has 0 saturated carbocycles. The number of nitrogens with one attached hydrogen (secondary N) is 1. The van der Waals surface area contributed by atoms with Crippen molar-refractivity contribution in [2.24, 2.45) is 5.92 Å². The Morgan fingerprint density at radius 1 is 1.15 bits per heavy atom. The van der Waals surface area contributed by atoms with Gasteiger partial charge in [0.25, 0.3) is 0 Å². The average Bonchev–Trinajstić information content (AvgIpc) is 2.69. The first-order valence-corrected chi connectivity index (χ1v) is 9.29. The number of piperidine rings is 1. The van der Waals surface area contributed by atoms with Gasteiger partial charge in [0.05, 0.1) is 19.1 Å². The quantitative estimate of drug-likeness (QED) is 0.856. The van der Waals surface area contributed by atoms with Crippen molar-refractivity contribution in [3.8, 4) is 5.75 Å². The highest BCUT2D eigenvalue weighted by molar-refractivity contribution is 6.30. The van der Waals surface area contributed by atoms with E-state index in [1.807, 2.05) is 48.5 Å².